The molecule has 0 aliphatic carbocycles. The van der Waals surface area contributed by atoms with E-state index >= 15 is 0 Å². The number of aryl methyl sites for hydroxylation is 1. The Kier molecular flexibility index (Phi) is 5.03. The van der Waals surface area contributed by atoms with Crippen molar-refractivity contribution in [2.75, 3.05) is 0 Å². The highest BCUT2D eigenvalue weighted by Crippen LogP contribution is 2.37. The number of nitrogens with zero attached hydrogens (tertiary/aromatic N) is 1. The van der Waals surface area contributed by atoms with Crippen LogP contribution in [-0.2, 0) is 12.6 Å². The molecule has 2 rings (SSSR count). The number of hydrazine groups is 1. The van der Waals surface area contributed by atoms with E-state index in [9.17, 15) is 13.2 Å². The molecule has 0 bridgehead atoms. The molecule has 8 heteroatoms. The molecule has 21 heavy (non-hydrogen) atoms. The van der Waals surface area contributed by atoms with Gasteiger partial charge in [0, 0.05) is 22.0 Å². The molecule has 114 valence electrons. The van der Waals surface area contributed by atoms with Gasteiger partial charge in [-0.15, -0.1) is 11.3 Å². The topological polar surface area (TPSA) is 50.9 Å². The van der Waals surface area contributed by atoms with Gasteiger partial charge < -0.3 is 0 Å². The summed E-state index contributed by atoms with van der Waals surface area (Å²) in [6, 6.07) is 3.41. The lowest BCUT2D eigenvalue weighted by Gasteiger charge is -2.20. The third-order valence-corrected chi connectivity index (χ3v) is 4.42. The first kappa shape index (κ1) is 16.4. The predicted octanol–water partition coefficient (Wildman–Crippen LogP) is 3.98. The highest BCUT2D eigenvalue weighted by molar-refractivity contribution is 9.10. The molecule has 0 saturated heterocycles. The van der Waals surface area contributed by atoms with Crippen LogP contribution >= 0.6 is 27.3 Å². The van der Waals surface area contributed by atoms with Crippen LogP contribution in [0.4, 0.5) is 13.2 Å². The van der Waals surface area contributed by atoms with E-state index in [0.717, 1.165) is 16.8 Å². The molecule has 0 saturated carbocycles. The average Bonchev–Trinajstić information content (AvgIpc) is 2.81. The molecule has 0 fully saturated rings. The van der Waals surface area contributed by atoms with Crippen LogP contribution in [0, 0.1) is 6.92 Å². The van der Waals surface area contributed by atoms with E-state index < -0.39 is 17.8 Å². The van der Waals surface area contributed by atoms with Crippen LogP contribution in [0.3, 0.4) is 0 Å². The van der Waals surface area contributed by atoms with Gasteiger partial charge in [0.05, 0.1) is 16.6 Å². The Bertz CT molecular complexity index is 627. The van der Waals surface area contributed by atoms with E-state index in [2.05, 4.69) is 26.3 Å². The highest BCUT2D eigenvalue weighted by atomic mass is 79.9. The van der Waals surface area contributed by atoms with Crippen molar-refractivity contribution in [2.24, 2.45) is 5.84 Å². The van der Waals surface area contributed by atoms with E-state index in [0.29, 0.717) is 10.9 Å². The maximum atomic E-state index is 13.2. The van der Waals surface area contributed by atoms with Crippen molar-refractivity contribution in [3.8, 4) is 0 Å². The van der Waals surface area contributed by atoms with Gasteiger partial charge in [-0.25, -0.2) is 4.98 Å². The minimum absolute atomic E-state index is 0.112. The van der Waals surface area contributed by atoms with Gasteiger partial charge in [0.1, 0.15) is 0 Å². The van der Waals surface area contributed by atoms with Crippen molar-refractivity contribution < 1.29 is 13.2 Å². The van der Waals surface area contributed by atoms with E-state index in [1.165, 1.54) is 17.4 Å². The normalized spacial score (nSPS) is 13.4. The van der Waals surface area contributed by atoms with Gasteiger partial charge in [-0.05, 0) is 24.6 Å². The number of nitrogens with two attached hydrogens (primary N) is 1. The van der Waals surface area contributed by atoms with Gasteiger partial charge in [0.25, 0.3) is 0 Å². The first-order valence-electron chi connectivity index (χ1n) is 6.05. The quantitative estimate of drug-likeness (QED) is 0.623. The van der Waals surface area contributed by atoms with Gasteiger partial charge in [-0.2, -0.15) is 13.2 Å². The fourth-order valence-electron chi connectivity index (χ4n) is 2.01. The molecule has 1 atom stereocenters. The van der Waals surface area contributed by atoms with Crippen LogP contribution in [-0.4, -0.2) is 4.98 Å². The van der Waals surface area contributed by atoms with Crippen molar-refractivity contribution in [1.29, 1.82) is 0 Å². The van der Waals surface area contributed by atoms with Crippen molar-refractivity contribution in [2.45, 2.75) is 25.6 Å². The Hall–Kier alpha value is -0.960. The zero-order valence-electron chi connectivity index (χ0n) is 11.0. The number of nitrogens with one attached hydrogen (secondary N) is 1. The maximum Gasteiger partial charge on any atom is 0.416 e. The lowest BCUT2D eigenvalue weighted by molar-refractivity contribution is -0.138. The smallest absolute Gasteiger partial charge is 0.271 e. The van der Waals surface area contributed by atoms with Crippen molar-refractivity contribution in [3.63, 3.8) is 0 Å². The second-order valence-electron chi connectivity index (χ2n) is 4.54. The lowest BCUT2D eigenvalue weighted by Crippen LogP contribution is -2.31. The first-order chi connectivity index (χ1) is 9.81. The molecule has 1 aromatic heterocycles. The van der Waals surface area contributed by atoms with Crippen LogP contribution < -0.4 is 11.3 Å². The molecule has 2 aromatic rings. The molecule has 0 spiro atoms. The molecule has 1 aromatic carbocycles. The van der Waals surface area contributed by atoms with Crippen molar-refractivity contribution in [3.05, 3.63) is 49.9 Å². The summed E-state index contributed by atoms with van der Waals surface area (Å²) in [4.78, 5) is 4.27. The molecule has 0 aliphatic heterocycles. The van der Waals surface area contributed by atoms with E-state index in [4.69, 9.17) is 5.84 Å². The Labute approximate surface area is 132 Å². The monoisotopic (exact) mass is 379 g/mol. The summed E-state index contributed by atoms with van der Waals surface area (Å²) >= 11 is 4.48. The summed E-state index contributed by atoms with van der Waals surface area (Å²) in [5.41, 5.74) is 2.72. The van der Waals surface area contributed by atoms with Crippen molar-refractivity contribution in [1.82, 2.24) is 10.4 Å². The minimum atomic E-state index is -4.44. The molecule has 3 nitrogen and oxygen atoms in total. The fraction of sp³-hybridized carbons (Fsp3) is 0.308. The standard InChI is InChI=1S/C13H13BrF3N3S/c1-7-6-21-12(19-7)5-11(20-18)9-3-2-8(14)4-10(9)13(15,16)17/h2-4,6,11,20H,5,18H2,1H3. The number of rotatable bonds is 4. The molecule has 3 N–H and O–H groups in total. The van der Waals surface area contributed by atoms with Gasteiger partial charge in [-0.3, -0.25) is 11.3 Å². The molecule has 1 heterocycles. The summed E-state index contributed by atoms with van der Waals surface area (Å²) in [6.07, 6.45) is -4.13. The second-order valence-corrected chi connectivity index (χ2v) is 6.39. The summed E-state index contributed by atoms with van der Waals surface area (Å²) < 4.78 is 39.9. The van der Waals surface area contributed by atoms with E-state index in [1.54, 1.807) is 6.07 Å². The molecular formula is C13H13BrF3N3S. The molecule has 1 unspecified atom stereocenters. The average molecular weight is 380 g/mol. The van der Waals surface area contributed by atoms with Crippen LogP contribution in [0.2, 0.25) is 0 Å². The second kappa shape index (κ2) is 6.43. The van der Waals surface area contributed by atoms with Crippen LogP contribution in [0.1, 0.15) is 27.9 Å². The highest BCUT2D eigenvalue weighted by Gasteiger charge is 2.35. The number of thiazole rings is 1. The molecule has 0 radical (unpaired) electrons. The largest absolute Gasteiger partial charge is 0.416 e. The first-order valence-corrected chi connectivity index (χ1v) is 7.72. The maximum absolute atomic E-state index is 13.2. The summed E-state index contributed by atoms with van der Waals surface area (Å²) in [5.74, 6) is 5.46. The summed E-state index contributed by atoms with van der Waals surface area (Å²) in [6.45, 7) is 1.84. The SMILES string of the molecule is Cc1csc(CC(NN)c2ccc(Br)cc2C(F)(F)F)n1. The predicted molar refractivity (Wildman–Crippen MR) is 79.8 cm³/mol. The third kappa shape index (κ3) is 4.03. The number of halogens is 4. The fourth-order valence-corrected chi connectivity index (χ4v) is 3.19. The molecule has 0 aliphatic rings. The zero-order chi connectivity index (χ0) is 15.6. The van der Waals surface area contributed by atoms with Gasteiger partial charge >= 0.3 is 6.18 Å². The number of benzene rings is 1. The third-order valence-electron chi connectivity index (χ3n) is 2.94. The van der Waals surface area contributed by atoms with Gasteiger partial charge in [-0.1, -0.05) is 22.0 Å². The van der Waals surface area contributed by atoms with Crippen LogP contribution in [0.5, 0.6) is 0 Å². The molecule has 0 amide bonds. The van der Waals surface area contributed by atoms with E-state index in [1.807, 2.05) is 12.3 Å². The Balaban J connectivity index is 2.38. The number of aromatic nitrogens is 1. The number of alkyl halides is 3. The molecular weight excluding hydrogens is 367 g/mol. The van der Waals surface area contributed by atoms with E-state index in [-0.39, 0.29) is 5.56 Å². The van der Waals surface area contributed by atoms with Crippen LogP contribution in [0.15, 0.2) is 28.1 Å². The number of hydrogen-bond acceptors (Lipinski definition) is 4. The summed E-state index contributed by atoms with van der Waals surface area (Å²) in [5, 5.41) is 2.60. The van der Waals surface area contributed by atoms with Crippen molar-refractivity contribution >= 4 is 27.3 Å². The Morgan fingerprint density at radius 1 is 1.43 bits per heavy atom. The summed E-state index contributed by atoms with van der Waals surface area (Å²) in [7, 11) is 0. The Morgan fingerprint density at radius 3 is 2.67 bits per heavy atom. The van der Waals surface area contributed by atoms with Gasteiger partial charge in [0.2, 0.25) is 0 Å². The zero-order valence-corrected chi connectivity index (χ0v) is 13.4. The Morgan fingerprint density at radius 2 is 2.14 bits per heavy atom. The van der Waals surface area contributed by atoms with Crippen LogP contribution in [0.25, 0.3) is 0 Å². The minimum Gasteiger partial charge on any atom is -0.271 e. The number of hydrogen-bond donors (Lipinski definition) is 2. The lowest BCUT2D eigenvalue weighted by atomic mass is 9.98. The van der Waals surface area contributed by atoms with Gasteiger partial charge in [0.15, 0.2) is 0 Å².